The van der Waals surface area contributed by atoms with Gasteiger partial charge in [-0.2, -0.15) is 0 Å². The maximum Gasteiger partial charge on any atom is 0.293 e. The monoisotopic (exact) mass is 690 g/mol. The Morgan fingerprint density at radius 3 is 1.40 bits per heavy atom. The second-order valence-electron chi connectivity index (χ2n) is 13.5. The fourth-order valence-electron chi connectivity index (χ4n) is 8.99. The topological polar surface area (TPSA) is 116 Å². The average molecular weight is 691 g/mol. The van der Waals surface area contributed by atoms with Crippen LogP contribution < -0.4 is 14.4 Å². The summed E-state index contributed by atoms with van der Waals surface area (Å²) in [4.78, 5) is 59.7. The molecule has 52 heavy (non-hydrogen) atoms. The zero-order valence-electron chi connectivity index (χ0n) is 29.0. The third-order valence-corrected chi connectivity index (χ3v) is 11.2. The summed E-state index contributed by atoms with van der Waals surface area (Å²) >= 11 is 0. The smallest absolute Gasteiger partial charge is 0.293 e. The van der Waals surface area contributed by atoms with Gasteiger partial charge in [0.15, 0.2) is 5.78 Å². The molecule has 0 aromatic heterocycles. The quantitative estimate of drug-likeness (QED) is 0.0946. The Morgan fingerprint density at radius 1 is 0.615 bits per heavy atom. The van der Waals surface area contributed by atoms with Gasteiger partial charge in [0.25, 0.3) is 5.69 Å². The number of nitrogens with zero attached hydrogens (tertiary/aromatic N) is 2. The van der Waals surface area contributed by atoms with Gasteiger partial charge in [0.2, 0.25) is 11.8 Å². The van der Waals surface area contributed by atoms with Gasteiger partial charge in [0.05, 0.1) is 41.8 Å². The number of carbonyl (C=O) groups excluding carboxylic acids is 3. The minimum Gasteiger partial charge on any atom is -0.497 e. The Morgan fingerprint density at radius 2 is 1.02 bits per heavy atom. The van der Waals surface area contributed by atoms with Crippen molar-refractivity contribution < 1.29 is 28.8 Å². The highest BCUT2D eigenvalue weighted by Crippen LogP contribution is 2.74. The highest BCUT2D eigenvalue weighted by Gasteiger charge is 2.83. The van der Waals surface area contributed by atoms with Crippen molar-refractivity contribution in [3.63, 3.8) is 0 Å². The number of amides is 2. The number of ketones is 1. The van der Waals surface area contributed by atoms with Crippen LogP contribution in [0.3, 0.4) is 0 Å². The van der Waals surface area contributed by atoms with Crippen molar-refractivity contribution >= 4 is 40.1 Å². The van der Waals surface area contributed by atoms with Gasteiger partial charge in [-0.15, -0.1) is 0 Å². The number of imide groups is 1. The standard InChI is InChI=1S/C43H34N2O7/c1-25-23-33(34(45(49)50)24-26(25)2)44-39(46)37-38(40(44)47)43(30-13-9-6-10-14-30)36(28-17-21-32(52-4)22-18-28)35(27-15-19-31(51-3)20-16-27)42(37,41(43)48)29-11-7-5-8-12-29/h5-24,37-38H,1-4H3/t37-,38-,42+,43+/m0/s1. The van der Waals surface area contributed by atoms with Gasteiger partial charge < -0.3 is 9.47 Å². The van der Waals surface area contributed by atoms with Crippen molar-refractivity contribution in [2.75, 3.05) is 19.1 Å². The summed E-state index contributed by atoms with van der Waals surface area (Å²) in [6.07, 6.45) is 0. The van der Waals surface area contributed by atoms with Crippen LogP contribution in [0.4, 0.5) is 11.4 Å². The molecule has 1 saturated heterocycles. The van der Waals surface area contributed by atoms with Gasteiger partial charge in [0.1, 0.15) is 17.2 Å². The first kappa shape index (κ1) is 32.8. The first-order chi connectivity index (χ1) is 25.1. The van der Waals surface area contributed by atoms with E-state index in [1.807, 2.05) is 109 Å². The Labute approximate surface area is 300 Å². The molecule has 0 unspecified atom stereocenters. The van der Waals surface area contributed by atoms with E-state index in [-0.39, 0.29) is 17.2 Å². The Balaban J connectivity index is 1.54. The fraction of sp³-hybridized carbons (Fsp3) is 0.186. The second-order valence-corrected chi connectivity index (χ2v) is 13.5. The van der Waals surface area contributed by atoms with Gasteiger partial charge >= 0.3 is 0 Å². The molecule has 2 amide bonds. The lowest BCUT2D eigenvalue weighted by molar-refractivity contribution is -0.384. The van der Waals surface area contributed by atoms with Crippen LogP contribution in [0.5, 0.6) is 11.5 Å². The molecule has 2 fully saturated rings. The molecule has 5 aromatic carbocycles. The van der Waals surface area contributed by atoms with Crippen LogP contribution in [0.1, 0.15) is 33.4 Å². The summed E-state index contributed by atoms with van der Waals surface area (Å²) in [5.74, 6) is -2.85. The molecule has 9 heteroatoms. The molecule has 258 valence electrons. The number of hydrogen-bond donors (Lipinski definition) is 0. The molecule has 4 atom stereocenters. The SMILES string of the molecule is COc1ccc(C2=C(c3ccc(OC)cc3)[C@@]3(c4ccccc4)C(=O)[C@@]2(c2ccccc2)[C@@H]2C(=O)N(c4cc(C)c(C)cc4[N+](=O)[O-])C(=O)[C@H]23)cc1. The first-order valence-electron chi connectivity index (χ1n) is 17.0. The highest BCUT2D eigenvalue weighted by molar-refractivity contribution is 6.39. The highest BCUT2D eigenvalue weighted by atomic mass is 16.6. The molecule has 8 rings (SSSR count). The molecule has 2 bridgehead atoms. The van der Waals surface area contributed by atoms with E-state index >= 15 is 14.4 Å². The van der Waals surface area contributed by atoms with Crippen molar-refractivity contribution in [2.24, 2.45) is 11.8 Å². The summed E-state index contributed by atoms with van der Waals surface area (Å²) in [6.45, 7) is 3.53. The van der Waals surface area contributed by atoms with Gasteiger partial charge in [-0.3, -0.25) is 24.5 Å². The van der Waals surface area contributed by atoms with Gasteiger partial charge in [-0.1, -0.05) is 84.9 Å². The summed E-state index contributed by atoms with van der Waals surface area (Å²) in [7, 11) is 3.14. The maximum atomic E-state index is 16.1. The van der Waals surface area contributed by atoms with Gasteiger partial charge in [0, 0.05) is 6.07 Å². The van der Waals surface area contributed by atoms with E-state index < -0.39 is 39.4 Å². The summed E-state index contributed by atoms with van der Waals surface area (Å²) in [6, 6.07) is 35.9. The van der Waals surface area contributed by atoms with Crippen LogP contribution in [-0.4, -0.2) is 36.7 Å². The second kappa shape index (κ2) is 11.9. The van der Waals surface area contributed by atoms with Crippen LogP contribution in [0.15, 0.2) is 121 Å². The molecule has 3 aliphatic rings. The molecule has 5 aromatic rings. The molecule has 0 radical (unpaired) electrons. The minimum atomic E-state index is -1.67. The minimum absolute atomic E-state index is 0.104. The van der Waals surface area contributed by atoms with Crippen molar-refractivity contribution in [3.8, 4) is 11.5 Å². The zero-order chi connectivity index (χ0) is 36.5. The van der Waals surface area contributed by atoms with Crippen molar-refractivity contribution in [2.45, 2.75) is 24.7 Å². The molecule has 2 aliphatic carbocycles. The predicted molar refractivity (Wildman–Crippen MR) is 196 cm³/mol. The third-order valence-electron chi connectivity index (χ3n) is 11.2. The average Bonchev–Trinajstić information content (AvgIpc) is 3.68. The number of nitro groups is 1. The molecule has 1 aliphatic heterocycles. The number of allylic oxidation sites excluding steroid dienone is 2. The van der Waals surface area contributed by atoms with E-state index in [1.165, 1.54) is 12.1 Å². The zero-order valence-corrected chi connectivity index (χ0v) is 29.0. The van der Waals surface area contributed by atoms with Gasteiger partial charge in [-0.25, -0.2) is 4.90 Å². The molecular weight excluding hydrogens is 656 g/mol. The lowest BCUT2D eigenvalue weighted by Crippen LogP contribution is -2.45. The van der Waals surface area contributed by atoms with Crippen LogP contribution >= 0.6 is 0 Å². The van der Waals surface area contributed by atoms with Crippen LogP contribution in [0.25, 0.3) is 11.1 Å². The summed E-state index contributed by atoms with van der Waals surface area (Å²) in [5.41, 5.74) is 1.20. The molecule has 0 N–H and O–H groups in total. The van der Waals surface area contributed by atoms with E-state index in [0.29, 0.717) is 56.0 Å². The van der Waals surface area contributed by atoms with Crippen LogP contribution in [0.2, 0.25) is 0 Å². The van der Waals surface area contributed by atoms with E-state index in [0.717, 1.165) is 4.90 Å². The number of anilines is 1. The van der Waals surface area contributed by atoms with Crippen molar-refractivity contribution in [1.29, 1.82) is 0 Å². The Bertz CT molecular complexity index is 2210. The number of ether oxygens (including phenoxy) is 2. The third kappa shape index (κ3) is 4.19. The van der Waals surface area contributed by atoms with E-state index in [1.54, 1.807) is 28.1 Å². The van der Waals surface area contributed by atoms with Gasteiger partial charge in [-0.05, 0) is 88.7 Å². The number of carbonyl (C=O) groups is 3. The first-order valence-corrected chi connectivity index (χ1v) is 17.0. The van der Waals surface area contributed by atoms with E-state index in [9.17, 15) is 10.1 Å². The number of aryl methyl sites for hydroxylation is 2. The Kier molecular flexibility index (Phi) is 7.50. The van der Waals surface area contributed by atoms with Crippen molar-refractivity contribution in [1.82, 2.24) is 0 Å². The lowest BCUT2D eigenvalue weighted by atomic mass is 9.59. The largest absolute Gasteiger partial charge is 0.497 e. The number of nitro benzene ring substituents is 1. The Hall–Kier alpha value is -6.35. The fourth-order valence-corrected chi connectivity index (χ4v) is 8.99. The summed E-state index contributed by atoms with van der Waals surface area (Å²) in [5, 5.41) is 12.5. The number of Topliss-reactive ketones (excluding diaryl/α,β-unsaturated/α-hetero) is 1. The lowest BCUT2D eigenvalue weighted by Gasteiger charge is -2.39. The molecule has 1 heterocycles. The number of fused-ring (bicyclic) bond motifs is 5. The molecule has 1 saturated carbocycles. The van der Waals surface area contributed by atoms with E-state index in [4.69, 9.17) is 9.47 Å². The van der Waals surface area contributed by atoms with Crippen LogP contribution in [-0.2, 0) is 25.2 Å². The predicted octanol–water partition coefficient (Wildman–Crippen LogP) is 7.42. The number of hydrogen-bond acceptors (Lipinski definition) is 7. The number of methoxy groups -OCH3 is 2. The van der Waals surface area contributed by atoms with E-state index in [2.05, 4.69) is 0 Å². The molecular formula is C43H34N2O7. The molecule has 9 nitrogen and oxygen atoms in total. The number of benzene rings is 5. The number of rotatable bonds is 8. The van der Waals surface area contributed by atoms with Crippen LogP contribution in [0, 0.1) is 35.8 Å². The maximum absolute atomic E-state index is 16.1. The molecule has 0 spiro atoms. The summed E-state index contributed by atoms with van der Waals surface area (Å²) < 4.78 is 11.0. The van der Waals surface area contributed by atoms with Crippen molar-refractivity contribution in [3.05, 3.63) is 165 Å². The normalized spacial score (nSPS) is 23.3.